The fourth-order valence-electron chi connectivity index (χ4n) is 4.10. The predicted octanol–water partition coefficient (Wildman–Crippen LogP) is 4.12. The third-order valence-corrected chi connectivity index (χ3v) is 7.04. The lowest BCUT2D eigenvalue weighted by Gasteiger charge is -2.23. The first-order chi connectivity index (χ1) is 14.6. The van der Waals surface area contributed by atoms with Crippen molar-refractivity contribution in [3.05, 3.63) is 39.8 Å². The number of nitriles is 1. The number of methoxy groups -OCH3 is 2. The van der Waals surface area contributed by atoms with Crippen molar-refractivity contribution in [1.29, 1.82) is 5.26 Å². The van der Waals surface area contributed by atoms with Gasteiger partial charge in [0.15, 0.2) is 0 Å². The average Bonchev–Trinajstić information content (AvgIpc) is 3.42. The molecule has 1 saturated carbocycles. The lowest BCUT2D eigenvalue weighted by molar-refractivity contribution is -0.116. The summed E-state index contributed by atoms with van der Waals surface area (Å²) in [6.45, 7) is 1.39. The Labute approximate surface area is 181 Å². The highest BCUT2D eigenvalue weighted by atomic mass is 32.1. The Morgan fingerprint density at radius 3 is 2.83 bits per heavy atom. The first-order valence-electron chi connectivity index (χ1n) is 10.4. The van der Waals surface area contributed by atoms with E-state index in [0.29, 0.717) is 24.6 Å². The first kappa shape index (κ1) is 20.7. The number of aryl methyl sites for hydroxylation is 1. The van der Waals surface area contributed by atoms with Gasteiger partial charge < -0.3 is 14.8 Å². The molecule has 0 atom stereocenters. The first-order valence-corrected chi connectivity index (χ1v) is 11.2. The molecule has 0 spiro atoms. The monoisotopic (exact) mass is 425 g/mol. The van der Waals surface area contributed by atoms with E-state index in [-0.39, 0.29) is 5.91 Å². The van der Waals surface area contributed by atoms with E-state index in [4.69, 9.17) is 9.47 Å². The molecule has 0 saturated heterocycles. The van der Waals surface area contributed by atoms with Crippen LogP contribution in [0.15, 0.2) is 18.2 Å². The molecule has 7 heteroatoms. The van der Waals surface area contributed by atoms with Gasteiger partial charge in [-0.3, -0.25) is 9.69 Å². The number of hydrogen-bond acceptors (Lipinski definition) is 6. The van der Waals surface area contributed by atoms with E-state index in [1.807, 2.05) is 18.2 Å². The van der Waals surface area contributed by atoms with Gasteiger partial charge in [0.05, 0.1) is 19.8 Å². The molecule has 1 aromatic heterocycles. The molecule has 0 aliphatic heterocycles. The minimum atomic E-state index is -0.0327. The van der Waals surface area contributed by atoms with Gasteiger partial charge in [0, 0.05) is 36.0 Å². The van der Waals surface area contributed by atoms with Crippen LogP contribution < -0.4 is 14.8 Å². The normalized spacial score (nSPS) is 15.0. The summed E-state index contributed by atoms with van der Waals surface area (Å²) in [4.78, 5) is 16.2. The summed E-state index contributed by atoms with van der Waals surface area (Å²) in [7, 11) is 3.33. The summed E-state index contributed by atoms with van der Waals surface area (Å²) < 4.78 is 10.9. The number of benzene rings is 1. The lowest BCUT2D eigenvalue weighted by atomic mass is 10.1. The molecule has 30 heavy (non-hydrogen) atoms. The number of nitrogens with one attached hydrogen (secondary N) is 1. The SMILES string of the molecule is COc1ccc(OC)c(CN(CCC(=O)Nc2sc3c(c2C#N)CCC3)C2CC2)c1. The molecule has 1 amide bonds. The maximum absolute atomic E-state index is 12.6. The summed E-state index contributed by atoms with van der Waals surface area (Å²) in [5.74, 6) is 1.60. The largest absolute Gasteiger partial charge is 0.497 e. The summed E-state index contributed by atoms with van der Waals surface area (Å²) in [6, 6.07) is 8.61. The highest BCUT2D eigenvalue weighted by molar-refractivity contribution is 7.16. The molecule has 6 nitrogen and oxygen atoms in total. The quantitative estimate of drug-likeness (QED) is 0.654. The molecule has 158 valence electrons. The number of rotatable bonds is 9. The van der Waals surface area contributed by atoms with Crippen LogP contribution in [0.25, 0.3) is 0 Å². The van der Waals surface area contributed by atoms with E-state index in [1.54, 1.807) is 25.6 Å². The second-order valence-corrected chi connectivity index (χ2v) is 8.96. The van der Waals surface area contributed by atoms with Gasteiger partial charge in [-0.05, 0) is 55.9 Å². The van der Waals surface area contributed by atoms with Crippen molar-refractivity contribution in [1.82, 2.24) is 4.90 Å². The molecule has 0 radical (unpaired) electrons. The van der Waals surface area contributed by atoms with Gasteiger partial charge in [0.25, 0.3) is 0 Å². The van der Waals surface area contributed by atoms with Crippen molar-refractivity contribution in [2.24, 2.45) is 0 Å². The third-order valence-electron chi connectivity index (χ3n) is 5.84. The summed E-state index contributed by atoms with van der Waals surface area (Å²) >= 11 is 1.57. The number of carbonyl (C=O) groups is 1. The molecule has 2 aliphatic carbocycles. The molecule has 2 aliphatic rings. The zero-order valence-corrected chi connectivity index (χ0v) is 18.3. The molecular weight excluding hydrogens is 398 g/mol. The minimum absolute atomic E-state index is 0.0327. The van der Waals surface area contributed by atoms with Gasteiger partial charge in [-0.25, -0.2) is 0 Å². The lowest BCUT2D eigenvalue weighted by Crippen LogP contribution is -2.29. The van der Waals surface area contributed by atoms with Crippen molar-refractivity contribution in [3.63, 3.8) is 0 Å². The van der Waals surface area contributed by atoms with Crippen LogP contribution in [0.1, 0.15) is 47.3 Å². The van der Waals surface area contributed by atoms with E-state index in [2.05, 4.69) is 16.3 Å². The number of hydrogen-bond donors (Lipinski definition) is 1. The smallest absolute Gasteiger partial charge is 0.226 e. The van der Waals surface area contributed by atoms with Gasteiger partial charge >= 0.3 is 0 Å². The van der Waals surface area contributed by atoms with Crippen LogP contribution in [0.5, 0.6) is 11.5 Å². The molecular formula is C23H27N3O3S. The van der Waals surface area contributed by atoms with Crippen LogP contribution in [0, 0.1) is 11.3 Å². The molecule has 2 aromatic rings. The van der Waals surface area contributed by atoms with Crippen molar-refractivity contribution in [2.75, 3.05) is 26.1 Å². The number of thiophene rings is 1. The number of anilines is 1. The second-order valence-electron chi connectivity index (χ2n) is 7.85. The molecule has 0 unspecified atom stereocenters. The predicted molar refractivity (Wildman–Crippen MR) is 117 cm³/mol. The summed E-state index contributed by atoms with van der Waals surface area (Å²) in [6.07, 6.45) is 5.78. The molecule has 1 fully saturated rings. The maximum atomic E-state index is 12.6. The Hall–Kier alpha value is -2.56. The van der Waals surface area contributed by atoms with E-state index in [1.165, 1.54) is 4.88 Å². The zero-order chi connectivity index (χ0) is 21.1. The second kappa shape index (κ2) is 9.07. The van der Waals surface area contributed by atoms with Crippen LogP contribution in [0.2, 0.25) is 0 Å². The maximum Gasteiger partial charge on any atom is 0.226 e. The molecule has 4 rings (SSSR count). The fourth-order valence-corrected chi connectivity index (χ4v) is 5.36. The fraction of sp³-hybridized carbons (Fsp3) is 0.478. The number of carbonyl (C=O) groups excluding carboxylic acids is 1. The van der Waals surface area contributed by atoms with E-state index < -0.39 is 0 Å². The van der Waals surface area contributed by atoms with Crippen molar-refractivity contribution in [2.45, 2.75) is 51.1 Å². The van der Waals surface area contributed by atoms with Crippen molar-refractivity contribution < 1.29 is 14.3 Å². The number of fused-ring (bicyclic) bond motifs is 1. The van der Waals surface area contributed by atoms with Gasteiger partial charge in [-0.1, -0.05) is 0 Å². The summed E-state index contributed by atoms with van der Waals surface area (Å²) in [5.41, 5.74) is 2.87. The Morgan fingerprint density at radius 2 is 2.13 bits per heavy atom. The number of amides is 1. The number of ether oxygens (including phenoxy) is 2. The van der Waals surface area contributed by atoms with Gasteiger partial charge in [-0.2, -0.15) is 5.26 Å². The minimum Gasteiger partial charge on any atom is -0.497 e. The Balaban J connectivity index is 1.39. The number of nitrogens with zero attached hydrogens (tertiary/aromatic N) is 2. The average molecular weight is 426 g/mol. The topological polar surface area (TPSA) is 74.6 Å². The van der Waals surface area contributed by atoms with E-state index in [9.17, 15) is 10.1 Å². The molecule has 1 heterocycles. The van der Waals surface area contributed by atoms with Crippen LogP contribution in [0.4, 0.5) is 5.00 Å². The van der Waals surface area contributed by atoms with Gasteiger partial charge in [-0.15, -0.1) is 11.3 Å². The highest BCUT2D eigenvalue weighted by Gasteiger charge is 2.30. The van der Waals surface area contributed by atoms with Gasteiger partial charge in [0.2, 0.25) is 5.91 Å². The Kier molecular flexibility index (Phi) is 6.26. The summed E-state index contributed by atoms with van der Waals surface area (Å²) in [5, 5.41) is 13.2. The Morgan fingerprint density at radius 1 is 1.30 bits per heavy atom. The van der Waals surface area contributed by atoms with Crippen molar-refractivity contribution >= 4 is 22.2 Å². The van der Waals surface area contributed by atoms with Crippen molar-refractivity contribution in [3.8, 4) is 17.6 Å². The van der Waals surface area contributed by atoms with Gasteiger partial charge in [0.1, 0.15) is 22.6 Å². The van der Waals surface area contributed by atoms with Crippen LogP contribution in [-0.4, -0.2) is 37.6 Å². The molecule has 1 aromatic carbocycles. The zero-order valence-electron chi connectivity index (χ0n) is 17.5. The van der Waals surface area contributed by atoms with E-state index >= 15 is 0 Å². The van der Waals surface area contributed by atoms with Crippen LogP contribution in [-0.2, 0) is 24.2 Å². The Bertz CT molecular complexity index is 975. The van der Waals surface area contributed by atoms with E-state index in [0.717, 1.165) is 66.3 Å². The standard InChI is InChI=1S/C23H27N3O3S/c1-28-17-8-9-20(29-2)15(12-17)14-26(16-6-7-16)11-10-22(27)25-23-19(13-24)18-4-3-5-21(18)30-23/h8-9,12,16H,3-7,10-11,14H2,1-2H3,(H,25,27). The highest BCUT2D eigenvalue weighted by Crippen LogP contribution is 2.38. The molecule has 1 N–H and O–H groups in total. The third kappa shape index (κ3) is 4.45. The van der Waals surface area contributed by atoms with Crippen LogP contribution >= 0.6 is 11.3 Å². The molecule has 0 bridgehead atoms. The van der Waals surface area contributed by atoms with Crippen LogP contribution in [0.3, 0.4) is 0 Å².